The Balaban J connectivity index is 1.63. The summed E-state index contributed by atoms with van der Waals surface area (Å²) in [5, 5.41) is 3.47. The van der Waals surface area contributed by atoms with Gasteiger partial charge in [0.25, 0.3) is 0 Å². The molecule has 0 atom stereocenters. The van der Waals surface area contributed by atoms with Crippen LogP contribution in [0.25, 0.3) is 0 Å². The van der Waals surface area contributed by atoms with Crippen molar-refractivity contribution in [1.82, 2.24) is 10.3 Å². The van der Waals surface area contributed by atoms with E-state index in [1.165, 1.54) is 37.7 Å². The van der Waals surface area contributed by atoms with Crippen molar-refractivity contribution in [1.29, 1.82) is 0 Å². The molecule has 0 aromatic carbocycles. The summed E-state index contributed by atoms with van der Waals surface area (Å²) in [5.41, 5.74) is 2.91. The van der Waals surface area contributed by atoms with Crippen LogP contribution in [0.15, 0.2) is 36.2 Å². The van der Waals surface area contributed by atoms with Crippen molar-refractivity contribution in [2.45, 2.75) is 38.6 Å². The normalized spacial score (nSPS) is 15.9. The number of rotatable bonds is 5. The van der Waals surface area contributed by atoms with E-state index in [1.54, 1.807) is 5.57 Å². The zero-order valence-corrected chi connectivity index (χ0v) is 9.78. The predicted molar refractivity (Wildman–Crippen MR) is 67.1 cm³/mol. The molecule has 1 aliphatic rings. The second-order valence-electron chi connectivity index (χ2n) is 4.40. The standard InChI is InChI=1S/C14H20N2/c1-2-5-13(6-3-1)8-10-16-12-14-7-4-9-15-11-14/h4-5,7,9,11,16H,1-3,6,8,10,12H2. The van der Waals surface area contributed by atoms with E-state index in [2.05, 4.69) is 22.4 Å². The van der Waals surface area contributed by atoms with Crippen LogP contribution in [-0.2, 0) is 6.54 Å². The molecule has 2 heteroatoms. The first-order valence-corrected chi connectivity index (χ1v) is 6.23. The molecule has 0 fully saturated rings. The van der Waals surface area contributed by atoms with Gasteiger partial charge in [0.2, 0.25) is 0 Å². The molecule has 1 aromatic heterocycles. The van der Waals surface area contributed by atoms with Crippen LogP contribution in [0, 0.1) is 0 Å². The van der Waals surface area contributed by atoms with Gasteiger partial charge in [0.1, 0.15) is 0 Å². The maximum Gasteiger partial charge on any atom is 0.0312 e. The summed E-state index contributed by atoms with van der Waals surface area (Å²) >= 11 is 0. The van der Waals surface area contributed by atoms with Gasteiger partial charge < -0.3 is 5.32 Å². The highest BCUT2D eigenvalue weighted by Gasteiger charge is 2.02. The van der Waals surface area contributed by atoms with Gasteiger partial charge in [-0.2, -0.15) is 0 Å². The lowest BCUT2D eigenvalue weighted by molar-refractivity contribution is 0.632. The van der Waals surface area contributed by atoms with Gasteiger partial charge in [-0.05, 0) is 50.3 Å². The van der Waals surface area contributed by atoms with Crippen molar-refractivity contribution in [3.8, 4) is 0 Å². The molecule has 0 radical (unpaired) electrons. The van der Waals surface area contributed by atoms with Gasteiger partial charge in [0.15, 0.2) is 0 Å². The van der Waals surface area contributed by atoms with Crippen molar-refractivity contribution < 1.29 is 0 Å². The minimum Gasteiger partial charge on any atom is -0.312 e. The molecule has 0 unspecified atom stereocenters. The SMILES string of the molecule is C1=C(CCNCc2cccnc2)CCCC1. The van der Waals surface area contributed by atoms with Gasteiger partial charge in [-0.3, -0.25) is 4.98 Å². The molecule has 0 amide bonds. The topological polar surface area (TPSA) is 24.9 Å². The number of nitrogens with zero attached hydrogens (tertiary/aromatic N) is 1. The fourth-order valence-corrected chi connectivity index (χ4v) is 2.12. The lowest BCUT2D eigenvalue weighted by Crippen LogP contribution is -2.15. The Morgan fingerprint density at radius 2 is 2.31 bits per heavy atom. The van der Waals surface area contributed by atoms with Crippen LogP contribution < -0.4 is 5.32 Å². The molecule has 0 saturated heterocycles. The number of allylic oxidation sites excluding steroid dienone is 1. The fraction of sp³-hybridized carbons (Fsp3) is 0.500. The van der Waals surface area contributed by atoms with Crippen LogP contribution in [0.5, 0.6) is 0 Å². The minimum atomic E-state index is 0.932. The fourth-order valence-electron chi connectivity index (χ4n) is 2.12. The Labute approximate surface area is 97.8 Å². The predicted octanol–water partition coefficient (Wildman–Crippen LogP) is 3.06. The van der Waals surface area contributed by atoms with Crippen LogP contribution >= 0.6 is 0 Å². The van der Waals surface area contributed by atoms with E-state index < -0.39 is 0 Å². The molecule has 0 bridgehead atoms. The van der Waals surface area contributed by atoms with Crippen molar-refractivity contribution in [2.75, 3.05) is 6.54 Å². The first kappa shape index (κ1) is 11.3. The molecule has 1 N–H and O–H groups in total. The number of hydrogen-bond donors (Lipinski definition) is 1. The summed E-state index contributed by atoms with van der Waals surface area (Å²) in [4.78, 5) is 4.10. The van der Waals surface area contributed by atoms with Crippen LogP contribution in [0.2, 0.25) is 0 Å². The lowest BCUT2D eigenvalue weighted by atomic mass is 9.97. The highest BCUT2D eigenvalue weighted by Crippen LogP contribution is 2.19. The third kappa shape index (κ3) is 3.78. The van der Waals surface area contributed by atoms with Crippen LogP contribution in [-0.4, -0.2) is 11.5 Å². The Morgan fingerprint density at radius 3 is 3.06 bits per heavy atom. The molecular formula is C14H20N2. The Bertz CT molecular complexity index is 330. The molecule has 16 heavy (non-hydrogen) atoms. The average Bonchev–Trinajstić information content (AvgIpc) is 2.37. The van der Waals surface area contributed by atoms with E-state index in [0.29, 0.717) is 0 Å². The zero-order valence-electron chi connectivity index (χ0n) is 9.78. The summed E-state index contributed by atoms with van der Waals surface area (Å²) in [5.74, 6) is 0. The monoisotopic (exact) mass is 216 g/mol. The molecule has 1 aromatic rings. The summed E-state index contributed by atoms with van der Waals surface area (Å²) in [7, 11) is 0. The van der Waals surface area contributed by atoms with Crippen molar-refractivity contribution in [3.63, 3.8) is 0 Å². The second-order valence-corrected chi connectivity index (χ2v) is 4.40. The van der Waals surface area contributed by atoms with Gasteiger partial charge in [-0.25, -0.2) is 0 Å². The number of aromatic nitrogens is 1. The molecule has 86 valence electrons. The van der Waals surface area contributed by atoms with Crippen molar-refractivity contribution >= 4 is 0 Å². The number of nitrogens with one attached hydrogen (secondary N) is 1. The molecule has 0 saturated carbocycles. The van der Waals surface area contributed by atoms with E-state index in [1.807, 2.05) is 18.5 Å². The quantitative estimate of drug-likeness (QED) is 0.604. The van der Waals surface area contributed by atoms with Crippen LogP contribution in [0.4, 0.5) is 0 Å². The van der Waals surface area contributed by atoms with Gasteiger partial charge in [0.05, 0.1) is 0 Å². The molecule has 2 nitrogen and oxygen atoms in total. The summed E-state index contributed by atoms with van der Waals surface area (Å²) in [6, 6.07) is 4.10. The van der Waals surface area contributed by atoms with E-state index >= 15 is 0 Å². The van der Waals surface area contributed by atoms with E-state index in [4.69, 9.17) is 0 Å². The van der Waals surface area contributed by atoms with Crippen LogP contribution in [0.3, 0.4) is 0 Å². The Hall–Kier alpha value is -1.15. The molecular weight excluding hydrogens is 196 g/mol. The first-order chi connectivity index (χ1) is 7.95. The molecule has 0 aliphatic heterocycles. The maximum absolute atomic E-state index is 4.10. The third-order valence-electron chi connectivity index (χ3n) is 3.06. The second kappa shape index (κ2) is 6.44. The summed E-state index contributed by atoms with van der Waals surface area (Å²) in [6.45, 7) is 2.02. The molecule has 1 aliphatic carbocycles. The van der Waals surface area contributed by atoms with Gasteiger partial charge >= 0.3 is 0 Å². The third-order valence-corrected chi connectivity index (χ3v) is 3.06. The van der Waals surface area contributed by atoms with E-state index in [9.17, 15) is 0 Å². The first-order valence-electron chi connectivity index (χ1n) is 6.23. The molecule has 1 heterocycles. The van der Waals surface area contributed by atoms with E-state index in [0.717, 1.165) is 13.1 Å². The van der Waals surface area contributed by atoms with Crippen molar-refractivity contribution in [2.24, 2.45) is 0 Å². The summed E-state index contributed by atoms with van der Waals surface area (Å²) < 4.78 is 0. The number of hydrogen-bond acceptors (Lipinski definition) is 2. The minimum absolute atomic E-state index is 0.932. The Morgan fingerprint density at radius 1 is 1.31 bits per heavy atom. The van der Waals surface area contributed by atoms with E-state index in [-0.39, 0.29) is 0 Å². The van der Waals surface area contributed by atoms with Gasteiger partial charge in [0, 0.05) is 18.9 Å². The number of pyridine rings is 1. The molecule has 2 rings (SSSR count). The Kier molecular flexibility index (Phi) is 4.56. The van der Waals surface area contributed by atoms with Gasteiger partial charge in [-0.1, -0.05) is 17.7 Å². The van der Waals surface area contributed by atoms with Crippen molar-refractivity contribution in [3.05, 3.63) is 41.7 Å². The smallest absolute Gasteiger partial charge is 0.0312 e. The highest BCUT2D eigenvalue weighted by molar-refractivity contribution is 5.08. The zero-order chi connectivity index (χ0) is 11.1. The highest BCUT2D eigenvalue weighted by atomic mass is 14.8. The molecule has 0 spiro atoms. The maximum atomic E-state index is 4.10. The summed E-state index contributed by atoms with van der Waals surface area (Å²) in [6.07, 6.45) is 12.7. The van der Waals surface area contributed by atoms with Gasteiger partial charge in [-0.15, -0.1) is 0 Å². The average molecular weight is 216 g/mol. The largest absolute Gasteiger partial charge is 0.312 e. The van der Waals surface area contributed by atoms with Crippen LogP contribution in [0.1, 0.15) is 37.7 Å². The lowest BCUT2D eigenvalue weighted by Gasteiger charge is -2.12.